The Hall–Kier alpha value is -1.06. The third-order valence-corrected chi connectivity index (χ3v) is 1.57. The van der Waals surface area contributed by atoms with Gasteiger partial charge in [-0.2, -0.15) is 0 Å². The van der Waals surface area contributed by atoms with E-state index in [9.17, 15) is 9.59 Å². The molecule has 0 aliphatic rings. The van der Waals surface area contributed by atoms with Crippen LogP contribution in [0, 0.1) is 5.92 Å². The highest BCUT2D eigenvalue weighted by atomic mass is 16.5. The van der Waals surface area contributed by atoms with Crippen LogP contribution < -0.4 is 5.32 Å². The fraction of sp³-hybridized carbons (Fsp3) is 0.818. The molecule has 0 fully saturated rings. The summed E-state index contributed by atoms with van der Waals surface area (Å²) in [5.41, 5.74) is 0. The summed E-state index contributed by atoms with van der Waals surface area (Å²) in [6.45, 7) is 11.2. The van der Waals surface area contributed by atoms with Crippen LogP contribution in [0.4, 0.5) is 0 Å². The normalized spacial score (nSPS) is 11.1. The average molecular weight is 217 g/mol. The Balaban J connectivity index is 0. The fourth-order valence-corrected chi connectivity index (χ4v) is 0.949. The van der Waals surface area contributed by atoms with Crippen molar-refractivity contribution < 1.29 is 14.3 Å². The Morgan fingerprint density at radius 1 is 1.27 bits per heavy atom. The lowest BCUT2D eigenvalue weighted by Gasteiger charge is -2.19. The molecular formula is C11H23NO3. The lowest BCUT2D eigenvalue weighted by molar-refractivity contribution is -0.148. The molecule has 0 rings (SSSR count). The van der Waals surface area contributed by atoms with Gasteiger partial charge in [0, 0.05) is 6.92 Å². The molecule has 1 atom stereocenters. The van der Waals surface area contributed by atoms with Gasteiger partial charge in [0.1, 0.15) is 6.04 Å². The maximum Gasteiger partial charge on any atom is 0.328 e. The van der Waals surface area contributed by atoms with E-state index >= 15 is 0 Å². The molecule has 1 N–H and O–H groups in total. The van der Waals surface area contributed by atoms with Gasteiger partial charge in [-0.15, -0.1) is 0 Å². The number of amides is 1. The van der Waals surface area contributed by atoms with Crippen LogP contribution in [-0.4, -0.2) is 24.5 Å². The Morgan fingerprint density at radius 3 is 2.00 bits per heavy atom. The van der Waals surface area contributed by atoms with E-state index in [0.29, 0.717) is 6.61 Å². The molecule has 4 nitrogen and oxygen atoms in total. The van der Waals surface area contributed by atoms with Crippen molar-refractivity contribution in [2.75, 3.05) is 6.61 Å². The van der Waals surface area contributed by atoms with E-state index in [1.807, 2.05) is 27.7 Å². The fourth-order valence-electron chi connectivity index (χ4n) is 0.949. The molecule has 0 aromatic heterocycles. The zero-order valence-electron chi connectivity index (χ0n) is 10.6. The summed E-state index contributed by atoms with van der Waals surface area (Å²) < 4.78 is 4.81. The van der Waals surface area contributed by atoms with Gasteiger partial charge in [-0.05, 0) is 12.8 Å². The zero-order chi connectivity index (χ0) is 12.4. The first-order chi connectivity index (χ1) is 6.99. The van der Waals surface area contributed by atoms with Crippen LogP contribution in [0.3, 0.4) is 0 Å². The van der Waals surface area contributed by atoms with E-state index in [1.165, 1.54) is 6.92 Å². The lowest BCUT2D eigenvalue weighted by Crippen LogP contribution is -2.44. The molecule has 1 unspecified atom stereocenters. The second kappa shape index (κ2) is 9.49. The second-order valence-electron chi connectivity index (χ2n) is 3.17. The number of nitrogens with one attached hydrogen (secondary N) is 1. The first-order valence-corrected chi connectivity index (χ1v) is 5.42. The molecule has 0 aromatic rings. The van der Waals surface area contributed by atoms with E-state index < -0.39 is 6.04 Å². The minimum atomic E-state index is -0.530. The first-order valence-electron chi connectivity index (χ1n) is 5.42. The third kappa shape index (κ3) is 7.97. The van der Waals surface area contributed by atoms with Crippen molar-refractivity contribution >= 4 is 11.9 Å². The van der Waals surface area contributed by atoms with Crippen LogP contribution in [0.25, 0.3) is 0 Å². The van der Waals surface area contributed by atoms with Gasteiger partial charge in [0.2, 0.25) is 5.91 Å². The van der Waals surface area contributed by atoms with Crippen LogP contribution in [-0.2, 0) is 14.3 Å². The number of esters is 1. The van der Waals surface area contributed by atoms with Crippen LogP contribution in [0.5, 0.6) is 0 Å². The predicted molar refractivity (Wildman–Crippen MR) is 60.4 cm³/mol. The van der Waals surface area contributed by atoms with E-state index in [-0.39, 0.29) is 17.8 Å². The van der Waals surface area contributed by atoms with E-state index in [4.69, 9.17) is 4.74 Å². The number of ether oxygens (including phenoxy) is 1. The Bertz CT molecular complexity index is 190. The Morgan fingerprint density at radius 2 is 1.73 bits per heavy atom. The van der Waals surface area contributed by atoms with Crippen LogP contribution >= 0.6 is 0 Å². The lowest BCUT2D eigenvalue weighted by atomic mass is 10.0. The number of hydrogen-bond donors (Lipinski definition) is 1. The summed E-state index contributed by atoms with van der Waals surface area (Å²) in [6, 6.07) is -0.530. The minimum Gasteiger partial charge on any atom is -0.464 e. The SMILES string of the molecule is CC.CCOC(=O)C(NC(C)=O)C(C)C. The summed E-state index contributed by atoms with van der Waals surface area (Å²) in [5, 5.41) is 2.55. The monoisotopic (exact) mass is 217 g/mol. The maximum atomic E-state index is 11.3. The molecule has 0 aliphatic carbocycles. The Labute approximate surface area is 92.4 Å². The molecule has 15 heavy (non-hydrogen) atoms. The highest BCUT2D eigenvalue weighted by molar-refractivity contribution is 5.83. The molecule has 0 spiro atoms. The third-order valence-electron chi connectivity index (χ3n) is 1.57. The molecular weight excluding hydrogens is 194 g/mol. The maximum absolute atomic E-state index is 11.3. The zero-order valence-corrected chi connectivity index (χ0v) is 10.6. The van der Waals surface area contributed by atoms with Crippen molar-refractivity contribution in [2.24, 2.45) is 5.92 Å². The van der Waals surface area contributed by atoms with Gasteiger partial charge < -0.3 is 10.1 Å². The van der Waals surface area contributed by atoms with E-state index in [0.717, 1.165) is 0 Å². The minimum absolute atomic E-state index is 0.0444. The van der Waals surface area contributed by atoms with Gasteiger partial charge in [-0.1, -0.05) is 27.7 Å². The van der Waals surface area contributed by atoms with Crippen LogP contribution in [0.1, 0.15) is 41.5 Å². The van der Waals surface area contributed by atoms with Gasteiger partial charge in [0.05, 0.1) is 6.61 Å². The highest BCUT2D eigenvalue weighted by Gasteiger charge is 2.23. The Kier molecular flexibility index (Phi) is 10.4. The molecule has 0 radical (unpaired) electrons. The van der Waals surface area contributed by atoms with Gasteiger partial charge in [-0.25, -0.2) is 4.79 Å². The topological polar surface area (TPSA) is 55.4 Å². The number of carbonyl (C=O) groups excluding carboxylic acids is 2. The smallest absolute Gasteiger partial charge is 0.328 e. The summed E-state index contributed by atoms with van der Waals surface area (Å²) in [5.74, 6) is -0.539. The van der Waals surface area contributed by atoms with Crippen molar-refractivity contribution in [3.8, 4) is 0 Å². The van der Waals surface area contributed by atoms with Crippen molar-refractivity contribution in [1.82, 2.24) is 5.32 Å². The highest BCUT2D eigenvalue weighted by Crippen LogP contribution is 2.03. The number of carbonyl (C=O) groups is 2. The van der Waals surface area contributed by atoms with E-state index in [2.05, 4.69) is 5.32 Å². The van der Waals surface area contributed by atoms with Gasteiger partial charge in [0.25, 0.3) is 0 Å². The molecule has 4 heteroatoms. The second-order valence-corrected chi connectivity index (χ2v) is 3.17. The standard InChI is InChI=1S/C9H17NO3.C2H6/c1-5-13-9(12)8(6(2)3)10-7(4)11;1-2/h6,8H,5H2,1-4H3,(H,10,11);1-2H3. The molecule has 0 saturated carbocycles. The van der Waals surface area contributed by atoms with Crippen molar-refractivity contribution in [2.45, 2.75) is 47.6 Å². The summed E-state index contributed by atoms with van der Waals surface area (Å²) >= 11 is 0. The first kappa shape index (κ1) is 16.4. The molecule has 0 aromatic carbocycles. The van der Waals surface area contributed by atoms with E-state index in [1.54, 1.807) is 6.92 Å². The molecule has 0 heterocycles. The number of hydrogen-bond acceptors (Lipinski definition) is 3. The molecule has 0 aliphatic heterocycles. The quantitative estimate of drug-likeness (QED) is 0.730. The summed E-state index contributed by atoms with van der Waals surface area (Å²) in [7, 11) is 0. The van der Waals surface area contributed by atoms with Gasteiger partial charge >= 0.3 is 5.97 Å². The van der Waals surface area contributed by atoms with Crippen molar-refractivity contribution in [3.63, 3.8) is 0 Å². The van der Waals surface area contributed by atoms with Crippen LogP contribution in [0.2, 0.25) is 0 Å². The summed E-state index contributed by atoms with van der Waals surface area (Å²) in [4.78, 5) is 22.0. The van der Waals surface area contributed by atoms with Crippen molar-refractivity contribution in [3.05, 3.63) is 0 Å². The summed E-state index contributed by atoms with van der Waals surface area (Å²) in [6.07, 6.45) is 0. The largest absolute Gasteiger partial charge is 0.464 e. The molecule has 1 amide bonds. The van der Waals surface area contributed by atoms with Gasteiger partial charge in [-0.3, -0.25) is 4.79 Å². The average Bonchev–Trinajstić information content (AvgIpc) is 2.17. The predicted octanol–water partition coefficient (Wildman–Crippen LogP) is 1.74. The van der Waals surface area contributed by atoms with Crippen LogP contribution in [0.15, 0.2) is 0 Å². The van der Waals surface area contributed by atoms with Gasteiger partial charge in [0.15, 0.2) is 0 Å². The molecule has 0 saturated heterocycles. The number of rotatable bonds is 4. The molecule has 0 bridgehead atoms. The molecule has 90 valence electrons. The van der Waals surface area contributed by atoms with Crippen molar-refractivity contribution in [1.29, 1.82) is 0 Å².